The number of ether oxygens (including phenoxy) is 1. The van der Waals surface area contributed by atoms with Crippen LogP contribution in [-0.4, -0.2) is 22.5 Å². The third-order valence-electron chi connectivity index (χ3n) is 4.26. The Morgan fingerprint density at radius 1 is 1.07 bits per heavy atom. The molecule has 5 nitrogen and oxygen atoms in total. The first-order valence-electron chi connectivity index (χ1n) is 9.93. The van der Waals surface area contributed by atoms with Gasteiger partial charge in [-0.3, -0.25) is 9.78 Å². The van der Waals surface area contributed by atoms with Crippen molar-refractivity contribution in [2.75, 3.05) is 6.61 Å². The molecule has 0 radical (unpaired) electrons. The molecule has 148 valence electrons. The Hall–Kier alpha value is -3.39. The number of hydrogen-bond donors (Lipinski definition) is 1. The number of fused-ring (bicyclic) bond motifs is 1. The summed E-state index contributed by atoms with van der Waals surface area (Å²) < 4.78 is 5.79. The normalized spacial score (nSPS) is 10.2. The number of hydrogen-bond acceptors (Lipinski definition) is 4. The lowest BCUT2D eigenvalue weighted by Crippen LogP contribution is -2.23. The topological polar surface area (TPSA) is 64.1 Å². The standard InChI is InChI=1S/C24H25N3O2/c1-2-3-4-5-6-7-16-29-20-11-8-10-19(17-20)18-26-24(28)23-14-13-21-22(27-23)12-9-15-25-21/h8-15,17H,2-3,6-7,16,18H2,1H3,(H,26,28). The van der Waals surface area contributed by atoms with Crippen LogP contribution in [0.25, 0.3) is 11.0 Å². The number of aromatic nitrogens is 2. The first-order valence-corrected chi connectivity index (χ1v) is 9.93. The predicted molar refractivity (Wildman–Crippen MR) is 115 cm³/mol. The van der Waals surface area contributed by atoms with Gasteiger partial charge in [0.15, 0.2) is 0 Å². The smallest absolute Gasteiger partial charge is 0.270 e. The number of rotatable bonds is 8. The van der Waals surface area contributed by atoms with Crippen molar-refractivity contribution in [1.29, 1.82) is 0 Å². The van der Waals surface area contributed by atoms with Crippen LogP contribution < -0.4 is 10.1 Å². The number of unbranched alkanes of at least 4 members (excludes halogenated alkanes) is 2. The molecular formula is C24H25N3O2. The summed E-state index contributed by atoms with van der Waals surface area (Å²) in [6.07, 6.45) is 5.52. The van der Waals surface area contributed by atoms with Gasteiger partial charge in [0.25, 0.3) is 5.91 Å². The molecule has 0 atom stereocenters. The summed E-state index contributed by atoms with van der Waals surface area (Å²) in [4.78, 5) is 21.0. The van der Waals surface area contributed by atoms with Gasteiger partial charge in [-0.1, -0.05) is 19.1 Å². The van der Waals surface area contributed by atoms with Crippen LogP contribution in [0.3, 0.4) is 0 Å². The minimum atomic E-state index is -0.215. The van der Waals surface area contributed by atoms with Crippen molar-refractivity contribution >= 4 is 16.9 Å². The van der Waals surface area contributed by atoms with Gasteiger partial charge < -0.3 is 10.1 Å². The Balaban J connectivity index is 1.49. The van der Waals surface area contributed by atoms with E-state index in [1.807, 2.05) is 30.3 Å². The number of nitrogens with one attached hydrogen (secondary N) is 1. The summed E-state index contributed by atoms with van der Waals surface area (Å²) in [6, 6.07) is 14.9. The second-order valence-corrected chi connectivity index (χ2v) is 6.62. The van der Waals surface area contributed by atoms with E-state index in [-0.39, 0.29) is 5.91 Å². The third-order valence-corrected chi connectivity index (χ3v) is 4.26. The zero-order valence-electron chi connectivity index (χ0n) is 16.6. The van der Waals surface area contributed by atoms with Gasteiger partial charge in [0.1, 0.15) is 11.4 Å². The van der Waals surface area contributed by atoms with Crippen LogP contribution in [0, 0.1) is 11.8 Å². The molecule has 2 heterocycles. The fourth-order valence-electron chi connectivity index (χ4n) is 2.75. The van der Waals surface area contributed by atoms with Gasteiger partial charge in [0, 0.05) is 25.6 Å². The van der Waals surface area contributed by atoms with Crippen LogP contribution in [0.15, 0.2) is 54.7 Å². The number of carbonyl (C=O) groups excluding carboxylic acids is 1. The van der Waals surface area contributed by atoms with E-state index >= 15 is 0 Å². The maximum absolute atomic E-state index is 12.4. The van der Waals surface area contributed by atoms with E-state index in [1.54, 1.807) is 24.4 Å². The second-order valence-electron chi connectivity index (χ2n) is 6.62. The highest BCUT2D eigenvalue weighted by molar-refractivity contribution is 5.94. The maximum atomic E-state index is 12.4. The predicted octanol–water partition coefficient (Wildman–Crippen LogP) is 4.52. The van der Waals surface area contributed by atoms with E-state index in [1.165, 1.54) is 0 Å². The molecule has 0 saturated carbocycles. The molecule has 2 aromatic heterocycles. The molecule has 0 aliphatic heterocycles. The minimum absolute atomic E-state index is 0.215. The highest BCUT2D eigenvalue weighted by Gasteiger charge is 2.08. The number of benzene rings is 1. The number of pyridine rings is 2. The van der Waals surface area contributed by atoms with Gasteiger partial charge in [-0.05, 0) is 54.8 Å². The zero-order chi connectivity index (χ0) is 20.3. The van der Waals surface area contributed by atoms with Gasteiger partial charge in [-0.15, -0.1) is 11.8 Å². The summed E-state index contributed by atoms with van der Waals surface area (Å²) in [5.41, 5.74) is 2.82. The Kier molecular flexibility index (Phi) is 7.59. The molecule has 0 fully saturated rings. The molecule has 0 spiro atoms. The van der Waals surface area contributed by atoms with Gasteiger partial charge >= 0.3 is 0 Å². The Labute approximate surface area is 171 Å². The lowest BCUT2D eigenvalue weighted by atomic mass is 10.2. The quantitative estimate of drug-likeness (QED) is 0.456. The molecule has 0 aliphatic rings. The van der Waals surface area contributed by atoms with Crippen molar-refractivity contribution in [1.82, 2.24) is 15.3 Å². The van der Waals surface area contributed by atoms with Crippen LogP contribution in [0.1, 0.15) is 48.7 Å². The van der Waals surface area contributed by atoms with Gasteiger partial charge in [0.05, 0.1) is 17.6 Å². The van der Waals surface area contributed by atoms with Crippen molar-refractivity contribution in [2.45, 2.75) is 39.2 Å². The van der Waals surface area contributed by atoms with Crippen LogP contribution in [0.4, 0.5) is 0 Å². The SMILES string of the molecule is CCCC#CCCCOc1cccc(CNC(=O)c2ccc3ncccc3n2)c1. The third kappa shape index (κ3) is 6.32. The average molecular weight is 387 g/mol. The molecular weight excluding hydrogens is 362 g/mol. The average Bonchev–Trinajstić information content (AvgIpc) is 2.77. The Morgan fingerprint density at radius 3 is 2.86 bits per heavy atom. The van der Waals surface area contributed by atoms with Crippen molar-refractivity contribution < 1.29 is 9.53 Å². The zero-order valence-corrected chi connectivity index (χ0v) is 16.6. The lowest BCUT2D eigenvalue weighted by Gasteiger charge is -2.09. The van der Waals surface area contributed by atoms with Crippen LogP contribution in [0.2, 0.25) is 0 Å². The lowest BCUT2D eigenvalue weighted by molar-refractivity contribution is 0.0946. The van der Waals surface area contributed by atoms with Crippen LogP contribution in [0.5, 0.6) is 5.75 Å². The molecule has 0 saturated heterocycles. The van der Waals surface area contributed by atoms with E-state index in [0.29, 0.717) is 24.4 Å². The second kappa shape index (κ2) is 10.8. The van der Waals surface area contributed by atoms with E-state index in [0.717, 1.165) is 42.5 Å². The van der Waals surface area contributed by atoms with Gasteiger partial charge in [-0.2, -0.15) is 0 Å². The van der Waals surface area contributed by atoms with Crippen molar-refractivity contribution in [3.05, 3.63) is 66.0 Å². The Bertz CT molecular complexity index is 1020. The van der Waals surface area contributed by atoms with Crippen LogP contribution in [-0.2, 0) is 6.54 Å². The molecule has 5 heteroatoms. The van der Waals surface area contributed by atoms with Crippen molar-refractivity contribution in [2.24, 2.45) is 0 Å². The van der Waals surface area contributed by atoms with Crippen molar-refractivity contribution in [3.8, 4) is 17.6 Å². The molecule has 0 unspecified atom stereocenters. The summed E-state index contributed by atoms with van der Waals surface area (Å²) in [5.74, 6) is 6.88. The molecule has 3 aromatic rings. The molecule has 1 N–H and O–H groups in total. The van der Waals surface area contributed by atoms with E-state index in [2.05, 4.69) is 34.0 Å². The van der Waals surface area contributed by atoms with E-state index in [4.69, 9.17) is 4.74 Å². The first-order chi connectivity index (χ1) is 14.3. The number of amides is 1. The Morgan fingerprint density at radius 2 is 1.97 bits per heavy atom. The maximum Gasteiger partial charge on any atom is 0.270 e. The molecule has 0 aliphatic carbocycles. The van der Waals surface area contributed by atoms with Gasteiger partial charge in [-0.25, -0.2) is 4.98 Å². The summed E-state index contributed by atoms with van der Waals surface area (Å²) in [5, 5.41) is 2.91. The molecule has 1 aromatic carbocycles. The largest absolute Gasteiger partial charge is 0.494 e. The summed E-state index contributed by atoms with van der Waals surface area (Å²) in [7, 11) is 0. The molecule has 0 bridgehead atoms. The molecule has 3 rings (SSSR count). The van der Waals surface area contributed by atoms with Crippen molar-refractivity contribution in [3.63, 3.8) is 0 Å². The van der Waals surface area contributed by atoms with E-state index < -0.39 is 0 Å². The fraction of sp³-hybridized carbons (Fsp3) is 0.292. The summed E-state index contributed by atoms with van der Waals surface area (Å²) >= 11 is 0. The summed E-state index contributed by atoms with van der Waals surface area (Å²) in [6.45, 7) is 3.17. The number of carbonyl (C=O) groups is 1. The van der Waals surface area contributed by atoms with Crippen LogP contribution >= 0.6 is 0 Å². The number of nitrogens with zero attached hydrogens (tertiary/aromatic N) is 2. The van der Waals surface area contributed by atoms with E-state index in [9.17, 15) is 4.79 Å². The van der Waals surface area contributed by atoms with Gasteiger partial charge in [0.2, 0.25) is 0 Å². The highest BCUT2D eigenvalue weighted by atomic mass is 16.5. The highest BCUT2D eigenvalue weighted by Crippen LogP contribution is 2.14. The fourth-order valence-corrected chi connectivity index (χ4v) is 2.75. The molecule has 29 heavy (non-hydrogen) atoms. The minimum Gasteiger partial charge on any atom is -0.494 e. The molecule has 1 amide bonds. The monoisotopic (exact) mass is 387 g/mol. The first kappa shape index (κ1) is 20.3.